The molecule has 0 heterocycles. The summed E-state index contributed by atoms with van der Waals surface area (Å²) in [6, 6.07) is 25.1. The number of benzene rings is 3. The molecule has 0 aliphatic rings. The van der Waals surface area contributed by atoms with Gasteiger partial charge in [-0.1, -0.05) is 78.9 Å². The van der Waals surface area contributed by atoms with E-state index in [1.807, 2.05) is 43.3 Å². The highest BCUT2D eigenvalue weighted by Gasteiger charge is 2.20. The molecule has 5 nitrogen and oxygen atoms in total. The van der Waals surface area contributed by atoms with Crippen LogP contribution in [0.5, 0.6) is 0 Å². The third kappa shape index (κ3) is 6.37. The van der Waals surface area contributed by atoms with Gasteiger partial charge in [-0.3, -0.25) is 9.59 Å². The molecule has 1 N–H and O–H groups in total. The average Bonchev–Trinajstić information content (AvgIpc) is 2.82. The third-order valence-corrected chi connectivity index (χ3v) is 4.88. The number of hydrogen-bond acceptors (Lipinski definition) is 4. The summed E-state index contributed by atoms with van der Waals surface area (Å²) in [4.78, 5) is 37.5. The molecule has 0 unspecified atom stereocenters. The van der Waals surface area contributed by atoms with E-state index >= 15 is 0 Å². The molecule has 1 amide bonds. The topological polar surface area (TPSA) is 72.5 Å². The normalized spacial score (nSPS) is 11.4. The Hall–Kier alpha value is -3.73. The summed E-state index contributed by atoms with van der Waals surface area (Å²) in [5.41, 5.74) is 2.07. The highest BCUT2D eigenvalue weighted by atomic mass is 16.5. The fourth-order valence-corrected chi connectivity index (χ4v) is 3.23. The van der Waals surface area contributed by atoms with Crippen LogP contribution in [0, 0.1) is 0 Å². The second-order valence-corrected chi connectivity index (χ2v) is 7.31. The molecule has 0 aliphatic heterocycles. The molecule has 0 radical (unpaired) electrons. The Kier molecular flexibility index (Phi) is 7.71. The van der Waals surface area contributed by atoms with Crippen molar-refractivity contribution < 1.29 is 19.1 Å². The van der Waals surface area contributed by atoms with Crippen molar-refractivity contribution in [3.05, 3.63) is 107 Å². The lowest BCUT2D eigenvalue weighted by Crippen LogP contribution is -2.36. The largest absolute Gasteiger partial charge is 0.452 e. The number of amides is 1. The summed E-state index contributed by atoms with van der Waals surface area (Å²) in [6.45, 7) is 1.51. The van der Waals surface area contributed by atoms with Crippen LogP contribution in [0.25, 0.3) is 0 Å². The Bertz CT molecular complexity index is 1030. The standard InChI is InChI=1S/C26H25NO4/c1-19(16-17-20-10-4-2-5-11-20)27-24(28)18-31-26(30)23-15-9-8-14-22(23)25(29)21-12-6-3-7-13-21/h2-15,19H,16-18H2,1H3,(H,27,28)/t19-/m0/s1. The molecule has 5 heteroatoms. The first-order chi connectivity index (χ1) is 15.0. The molecular formula is C26H25NO4. The molecule has 3 aromatic carbocycles. The van der Waals surface area contributed by atoms with Crippen LogP contribution in [0.4, 0.5) is 0 Å². The number of rotatable bonds is 9. The number of esters is 1. The molecule has 158 valence electrons. The minimum atomic E-state index is -0.702. The molecule has 3 rings (SSSR count). The molecule has 0 spiro atoms. The Balaban J connectivity index is 1.53. The van der Waals surface area contributed by atoms with Crippen molar-refractivity contribution in [3.63, 3.8) is 0 Å². The van der Waals surface area contributed by atoms with Gasteiger partial charge >= 0.3 is 5.97 Å². The van der Waals surface area contributed by atoms with Gasteiger partial charge in [0.1, 0.15) is 0 Å². The Labute approximate surface area is 182 Å². The number of ketones is 1. The molecular weight excluding hydrogens is 390 g/mol. The molecule has 0 fully saturated rings. The van der Waals surface area contributed by atoms with Crippen LogP contribution in [0.3, 0.4) is 0 Å². The van der Waals surface area contributed by atoms with Gasteiger partial charge in [0.15, 0.2) is 12.4 Å². The van der Waals surface area contributed by atoms with Crippen LogP contribution in [0.2, 0.25) is 0 Å². The lowest BCUT2D eigenvalue weighted by atomic mass is 9.98. The zero-order valence-electron chi connectivity index (χ0n) is 17.4. The van der Waals surface area contributed by atoms with E-state index in [4.69, 9.17) is 4.74 Å². The number of carbonyl (C=O) groups excluding carboxylic acids is 3. The molecule has 0 aromatic heterocycles. The first kappa shape index (κ1) is 22.0. The maximum Gasteiger partial charge on any atom is 0.339 e. The second-order valence-electron chi connectivity index (χ2n) is 7.31. The van der Waals surface area contributed by atoms with Crippen molar-refractivity contribution in [1.82, 2.24) is 5.32 Å². The van der Waals surface area contributed by atoms with Gasteiger partial charge < -0.3 is 10.1 Å². The third-order valence-electron chi connectivity index (χ3n) is 4.88. The molecule has 3 aromatic rings. The summed E-state index contributed by atoms with van der Waals surface area (Å²) in [7, 11) is 0. The van der Waals surface area contributed by atoms with E-state index < -0.39 is 12.6 Å². The van der Waals surface area contributed by atoms with Gasteiger partial charge in [-0.25, -0.2) is 4.79 Å². The molecule has 0 saturated heterocycles. The summed E-state index contributed by atoms with van der Waals surface area (Å²) < 4.78 is 5.18. The second kappa shape index (κ2) is 10.9. The molecule has 0 bridgehead atoms. The van der Waals surface area contributed by atoms with Crippen molar-refractivity contribution in [2.45, 2.75) is 25.8 Å². The Morgan fingerprint density at radius 3 is 2.06 bits per heavy atom. The van der Waals surface area contributed by atoms with Crippen molar-refractivity contribution in [2.24, 2.45) is 0 Å². The van der Waals surface area contributed by atoms with Gasteiger partial charge in [0, 0.05) is 17.2 Å². The van der Waals surface area contributed by atoms with Gasteiger partial charge in [0.2, 0.25) is 0 Å². The van der Waals surface area contributed by atoms with Gasteiger partial charge in [-0.2, -0.15) is 0 Å². The average molecular weight is 415 g/mol. The van der Waals surface area contributed by atoms with Crippen LogP contribution >= 0.6 is 0 Å². The zero-order chi connectivity index (χ0) is 22.1. The Morgan fingerprint density at radius 1 is 0.806 bits per heavy atom. The smallest absolute Gasteiger partial charge is 0.339 e. The van der Waals surface area contributed by atoms with Crippen LogP contribution < -0.4 is 5.32 Å². The number of nitrogens with one attached hydrogen (secondary N) is 1. The van der Waals surface area contributed by atoms with Crippen molar-refractivity contribution in [1.29, 1.82) is 0 Å². The van der Waals surface area contributed by atoms with Crippen LogP contribution in [0.15, 0.2) is 84.9 Å². The van der Waals surface area contributed by atoms with Gasteiger partial charge in [0.05, 0.1) is 5.56 Å². The number of carbonyl (C=O) groups is 3. The maximum atomic E-state index is 12.8. The molecule has 0 saturated carbocycles. The number of hydrogen-bond donors (Lipinski definition) is 1. The summed E-state index contributed by atoms with van der Waals surface area (Å²) >= 11 is 0. The van der Waals surface area contributed by atoms with E-state index in [0.717, 1.165) is 12.8 Å². The van der Waals surface area contributed by atoms with Gasteiger partial charge in [0.25, 0.3) is 5.91 Å². The van der Waals surface area contributed by atoms with Crippen LogP contribution in [-0.2, 0) is 16.0 Å². The van der Waals surface area contributed by atoms with E-state index in [0.29, 0.717) is 5.56 Å². The monoisotopic (exact) mass is 415 g/mol. The fourth-order valence-electron chi connectivity index (χ4n) is 3.23. The number of aryl methyl sites for hydroxylation is 1. The van der Waals surface area contributed by atoms with E-state index in [2.05, 4.69) is 5.32 Å². The number of ether oxygens (including phenoxy) is 1. The zero-order valence-corrected chi connectivity index (χ0v) is 17.4. The maximum absolute atomic E-state index is 12.8. The van der Waals surface area contributed by atoms with E-state index in [9.17, 15) is 14.4 Å². The minimum Gasteiger partial charge on any atom is -0.452 e. The molecule has 31 heavy (non-hydrogen) atoms. The van der Waals surface area contributed by atoms with Gasteiger partial charge in [-0.15, -0.1) is 0 Å². The first-order valence-corrected chi connectivity index (χ1v) is 10.2. The Morgan fingerprint density at radius 2 is 1.39 bits per heavy atom. The van der Waals surface area contributed by atoms with Crippen molar-refractivity contribution >= 4 is 17.7 Å². The van der Waals surface area contributed by atoms with Crippen LogP contribution in [0.1, 0.15) is 45.2 Å². The van der Waals surface area contributed by atoms with Crippen molar-refractivity contribution in [2.75, 3.05) is 6.61 Å². The lowest BCUT2D eigenvalue weighted by molar-refractivity contribution is -0.124. The quantitative estimate of drug-likeness (QED) is 0.420. The van der Waals surface area contributed by atoms with E-state index in [1.54, 1.807) is 42.5 Å². The van der Waals surface area contributed by atoms with Crippen LogP contribution in [-0.4, -0.2) is 30.3 Å². The SMILES string of the molecule is C[C@@H](CCc1ccccc1)NC(=O)COC(=O)c1ccccc1C(=O)c1ccccc1. The minimum absolute atomic E-state index is 0.0571. The summed E-state index contributed by atoms with van der Waals surface area (Å²) in [5.74, 6) is -1.35. The first-order valence-electron chi connectivity index (χ1n) is 10.2. The predicted molar refractivity (Wildman–Crippen MR) is 119 cm³/mol. The van der Waals surface area contributed by atoms with E-state index in [-0.39, 0.29) is 28.9 Å². The molecule has 0 aliphatic carbocycles. The predicted octanol–water partition coefficient (Wildman–Crippen LogP) is 4.21. The highest BCUT2D eigenvalue weighted by molar-refractivity contribution is 6.14. The molecule has 1 atom stereocenters. The van der Waals surface area contributed by atoms with Crippen molar-refractivity contribution in [3.8, 4) is 0 Å². The van der Waals surface area contributed by atoms with E-state index in [1.165, 1.54) is 11.6 Å². The lowest BCUT2D eigenvalue weighted by Gasteiger charge is -2.14. The summed E-state index contributed by atoms with van der Waals surface area (Å²) in [5, 5.41) is 2.84. The van der Waals surface area contributed by atoms with Gasteiger partial charge in [-0.05, 0) is 31.4 Å². The highest BCUT2D eigenvalue weighted by Crippen LogP contribution is 2.16. The fraction of sp³-hybridized carbons (Fsp3) is 0.192. The summed E-state index contributed by atoms with van der Waals surface area (Å²) in [6.07, 6.45) is 1.62.